The van der Waals surface area contributed by atoms with Crippen molar-refractivity contribution in [2.45, 2.75) is 67.6 Å². The number of fused-ring (bicyclic) bond motifs is 6. The number of carboxylic acid groups (broad SMARTS) is 1. The predicted molar refractivity (Wildman–Crippen MR) is 140 cm³/mol. The quantitative estimate of drug-likeness (QED) is 0.549. The highest BCUT2D eigenvalue weighted by atomic mass is 79.9. The molecule has 2 atom stereocenters. The summed E-state index contributed by atoms with van der Waals surface area (Å²) in [6.07, 6.45) is 3.36. The van der Waals surface area contributed by atoms with Crippen LogP contribution in [0.2, 0.25) is 0 Å². The molecule has 2 aliphatic heterocycles. The van der Waals surface area contributed by atoms with Gasteiger partial charge in [0.15, 0.2) is 9.84 Å². The highest BCUT2D eigenvalue weighted by molar-refractivity contribution is 9.10. The molecule has 1 amide bonds. The number of ether oxygens (including phenoxy) is 1. The molecule has 5 aliphatic rings. The third kappa shape index (κ3) is 3.38. The van der Waals surface area contributed by atoms with E-state index in [1.54, 1.807) is 35.2 Å². The topological polar surface area (TPSA) is 101 Å². The molecule has 2 unspecified atom stereocenters. The van der Waals surface area contributed by atoms with Gasteiger partial charge in [-0.25, -0.2) is 8.42 Å². The number of aliphatic carboxylic acids is 1. The Morgan fingerprint density at radius 3 is 2.22 bits per heavy atom. The van der Waals surface area contributed by atoms with Crippen LogP contribution in [-0.4, -0.2) is 49.5 Å². The highest BCUT2D eigenvalue weighted by Crippen LogP contribution is 2.60. The number of carbonyl (C=O) groups excluding carboxylic acids is 1. The fourth-order valence-corrected chi connectivity index (χ4v) is 9.92. The molecule has 2 heterocycles. The van der Waals surface area contributed by atoms with Gasteiger partial charge in [0.25, 0.3) is 0 Å². The van der Waals surface area contributed by atoms with Crippen molar-refractivity contribution in [1.29, 1.82) is 0 Å². The largest absolute Gasteiger partial charge is 0.491 e. The second-order valence-electron chi connectivity index (χ2n) is 11.3. The van der Waals surface area contributed by atoms with Crippen LogP contribution < -0.4 is 4.74 Å². The maximum Gasteiger partial charge on any atom is 0.309 e. The molecule has 9 heteroatoms. The van der Waals surface area contributed by atoms with Crippen molar-refractivity contribution in [3.8, 4) is 5.75 Å². The highest BCUT2D eigenvalue weighted by Gasteiger charge is 2.65. The molecule has 1 N–H and O–H groups in total. The first-order valence-electron chi connectivity index (χ1n) is 12.8. The zero-order chi connectivity index (χ0) is 26.2. The Kier molecular flexibility index (Phi) is 5.59. The van der Waals surface area contributed by atoms with Crippen molar-refractivity contribution < 1.29 is 27.9 Å². The molecule has 0 spiro atoms. The Labute approximate surface area is 225 Å². The molecule has 7 nitrogen and oxygen atoms in total. The molecule has 2 bridgehead atoms. The van der Waals surface area contributed by atoms with Crippen LogP contribution in [0.15, 0.2) is 51.8 Å². The number of carboxylic acids is 1. The predicted octanol–water partition coefficient (Wildman–Crippen LogP) is 4.85. The zero-order valence-corrected chi connectivity index (χ0v) is 23.1. The fraction of sp³-hybridized carbons (Fsp3) is 0.500. The van der Waals surface area contributed by atoms with Gasteiger partial charge in [-0.15, -0.1) is 0 Å². The molecule has 0 aromatic heterocycles. The van der Waals surface area contributed by atoms with Crippen molar-refractivity contribution in [1.82, 2.24) is 4.90 Å². The average Bonchev–Trinajstić information content (AvgIpc) is 3.31. The van der Waals surface area contributed by atoms with Gasteiger partial charge in [0.2, 0.25) is 5.91 Å². The van der Waals surface area contributed by atoms with Gasteiger partial charge in [0, 0.05) is 22.0 Å². The summed E-state index contributed by atoms with van der Waals surface area (Å²) in [5, 5.41) is 9.78. The van der Waals surface area contributed by atoms with Crippen molar-refractivity contribution in [2.24, 2.45) is 10.8 Å². The first-order valence-corrected chi connectivity index (χ1v) is 15.1. The standard InChI is InChI=1S/C28H30BrNO6S/c1-18-2-5-20(6-3-18)37(34,35)28-14-15-30(23(28)17-36-22-16-19(29)4-7-21(22)28)24(31)26-8-11-27(12-9-26,13-10-26)25(32)33/h2-7,16,23H,8-15,17H2,1H3,(H,32,33). The third-order valence-corrected chi connectivity index (χ3v) is 12.7. The zero-order valence-electron chi connectivity index (χ0n) is 20.7. The van der Waals surface area contributed by atoms with Crippen molar-refractivity contribution >= 4 is 37.6 Å². The number of hydrogen-bond acceptors (Lipinski definition) is 5. The smallest absolute Gasteiger partial charge is 0.309 e. The number of sulfone groups is 1. The monoisotopic (exact) mass is 587 g/mol. The molecular weight excluding hydrogens is 558 g/mol. The molecule has 3 saturated carbocycles. The number of carbonyl (C=O) groups is 2. The lowest BCUT2D eigenvalue weighted by molar-refractivity contribution is -0.168. The number of nitrogens with zero attached hydrogens (tertiary/aromatic N) is 1. The number of halogens is 1. The van der Waals surface area contributed by atoms with E-state index in [9.17, 15) is 23.1 Å². The van der Waals surface area contributed by atoms with Crippen LogP contribution in [0.3, 0.4) is 0 Å². The van der Waals surface area contributed by atoms with Gasteiger partial charge in [-0.3, -0.25) is 9.59 Å². The summed E-state index contributed by atoms with van der Waals surface area (Å²) in [6.45, 7) is 2.33. The number of likely N-dealkylation sites (tertiary alicyclic amines) is 1. The van der Waals surface area contributed by atoms with E-state index < -0.39 is 37.4 Å². The van der Waals surface area contributed by atoms with E-state index in [2.05, 4.69) is 15.9 Å². The molecule has 2 aromatic carbocycles. The Morgan fingerprint density at radius 1 is 0.973 bits per heavy atom. The first-order chi connectivity index (χ1) is 17.5. The maximum atomic E-state index is 14.5. The number of benzene rings is 2. The minimum absolute atomic E-state index is 0.0404. The minimum atomic E-state index is -3.91. The number of amides is 1. The molecule has 196 valence electrons. The van der Waals surface area contributed by atoms with E-state index >= 15 is 0 Å². The third-order valence-electron chi connectivity index (χ3n) is 9.66. The van der Waals surface area contributed by atoms with Crippen LogP contribution in [0.5, 0.6) is 5.75 Å². The van der Waals surface area contributed by atoms with Crippen LogP contribution in [0.1, 0.15) is 56.1 Å². The summed E-state index contributed by atoms with van der Waals surface area (Å²) < 4.78 is 34.6. The maximum absolute atomic E-state index is 14.5. The summed E-state index contributed by atoms with van der Waals surface area (Å²) in [5.74, 6) is -0.280. The van der Waals surface area contributed by atoms with E-state index in [0.29, 0.717) is 56.4 Å². The SMILES string of the molecule is Cc1ccc(S(=O)(=O)C23CCN(C(=O)C45CCC(C(=O)O)(CC4)CC5)C2COc2cc(Br)ccc23)cc1. The van der Waals surface area contributed by atoms with Crippen LogP contribution in [0, 0.1) is 17.8 Å². The van der Waals surface area contributed by atoms with Gasteiger partial charge in [0.1, 0.15) is 17.1 Å². The Bertz CT molecular complexity index is 1380. The van der Waals surface area contributed by atoms with Gasteiger partial charge in [-0.1, -0.05) is 39.7 Å². The first kappa shape index (κ1) is 24.9. The van der Waals surface area contributed by atoms with Crippen LogP contribution in [0.4, 0.5) is 0 Å². The Hall–Kier alpha value is -2.39. The second-order valence-corrected chi connectivity index (χ2v) is 14.4. The molecule has 3 aliphatic carbocycles. The lowest BCUT2D eigenvalue weighted by Gasteiger charge is -2.52. The number of aryl methyl sites for hydroxylation is 1. The minimum Gasteiger partial charge on any atom is -0.491 e. The lowest BCUT2D eigenvalue weighted by Crippen LogP contribution is -2.59. The fourth-order valence-electron chi connectivity index (χ4n) is 7.29. The average molecular weight is 589 g/mol. The van der Waals surface area contributed by atoms with Crippen molar-refractivity contribution in [3.63, 3.8) is 0 Å². The van der Waals surface area contributed by atoms with Gasteiger partial charge in [0.05, 0.1) is 16.4 Å². The van der Waals surface area contributed by atoms with E-state index in [1.807, 2.05) is 19.1 Å². The molecule has 7 rings (SSSR count). The summed E-state index contributed by atoms with van der Waals surface area (Å²) >= 11 is 3.47. The van der Waals surface area contributed by atoms with Crippen LogP contribution >= 0.6 is 15.9 Å². The lowest BCUT2D eigenvalue weighted by atomic mass is 9.53. The van der Waals surface area contributed by atoms with Crippen LogP contribution in [-0.2, 0) is 24.2 Å². The van der Waals surface area contributed by atoms with Crippen molar-refractivity contribution in [2.75, 3.05) is 13.2 Å². The van der Waals surface area contributed by atoms with Gasteiger partial charge < -0.3 is 14.7 Å². The second kappa shape index (κ2) is 8.30. The van der Waals surface area contributed by atoms with Crippen molar-refractivity contribution in [3.05, 3.63) is 58.1 Å². The summed E-state index contributed by atoms with van der Waals surface area (Å²) in [6, 6.07) is 11.7. The molecule has 1 saturated heterocycles. The van der Waals surface area contributed by atoms with E-state index in [-0.39, 0.29) is 23.8 Å². The molecule has 4 fully saturated rings. The number of hydrogen-bond donors (Lipinski definition) is 1. The molecule has 2 aromatic rings. The van der Waals surface area contributed by atoms with E-state index in [0.717, 1.165) is 10.0 Å². The molecule has 0 radical (unpaired) electrons. The summed E-state index contributed by atoms with van der Waals surface area (Å²) in [4.78, 5) is 28.2. The summed E-state index contributed by atoms with van der Waals surface area (Å²) in [7, 11) is -3.91. The Morgan fingerprint density at radius 2 is 1.59 bits per heavy atom. The number of rotatable bonds is 4. The normalized spacial score (nSPS) is 32.4. The van der Waals surface area contributed by atoms with Crippen LogP contribution in [0.25, 0.3) is 0 Å². The van der Waals surface area contributed by atoms with Gasteiger partial charge >= 0.3 is 5.97 Å². The van der Waals surface area contributed by atoms with E-state index in [4.69, 9.17) is 4.74 Å². The Balaban J connectivity index is 1.43. The summed E-state index contributed by atoms with van der Waals surface area (Å²) in [5.41, 5.74) is 0.225. The molecular formula is C28H30BrNO6S. The van der Waals surface area contributed by atoms with Gasteiger partial charge in [-0.05, 0) is 76.1 Å². The van der Waals surface area contributed by atoms with E-state index in [1.165, 1.54) is 0 Å². The molecule has 37 heavy (non-hydrogen) atoms. The van der Waals surface area contributed by atoms with Gasteiger partial charge in [-0.2, -0.15) is 0 Å².